The van der Waals surface area contributed by atoms with E-state index in [9.17, 15) is 9.59 Å². The molecule has 0 aromatic carbocycles. The molecule has 90 valence electrons. The minimum atomic E-state index is -0.385. The zero-order valence-corrected chi connectivity index (χ0v) is 9.15. The summed E-state index contributed by atoms with van der Waals surface area (Å²) in [6.07, 6.45) is 1.41. The fourth-order valence-corrected chi connectivity index (χ4v) is 1.09. The number of nitrogens with one attached hydrogen (secondary N) is 1. The highest BCUT2D eigenvalue weighted by Crippen LogP contribution is 2.03. The van der Waals surface area contributed by atoms with Crippen LogP contribution in [0.3, 0.4) is 0 Å². The average molecular weight is 229 g/mol. The number of hydrogen-bond acceptors (Lipinski definition) is 5. The molecular formula is C10H15NO5. The van der Waals surface area contributed by atoms with Crippen LogP contribution < -0.4 is 5.32 Å². The molecule has 1 heterocycles. The van der Waals surface area contributed by atoms with Crippen LogP contribution in [-0.2, 0) is 23.8 Å². The molecule has 6 heteroatoms. The van der Waals surface area contributed by atoms with Gasteiger partial charge >= 0.3 is 5.97 Å². The van der Waals surface area contributed by atoms with Gasteiger partial charge in [-0.1, -0.05) is 0 Å². The molecular weight excluding hydrogens is 214 g/mol. The molecule has 1 aliphatic heterocycles. The van der Waals surface area contributed by atoms with E-state index in [0.717, 1.165) is 0 Å². The molecule has 0 spiro atoms. The lowest BCUT2D eigenvalue weighted by molar-refractivity contribution is -0.143. The highest BCUT2D eigenvalue weighted by atomic mass is 16.6. The molecule has 0 saturated carbocycles. The van der Waals surface area contributed by atoms with Gasteiger partial charge in [0.25, 0.3) is 5.91 Å². The van der Waals surface area contributed by atoms with Gasteiger partial charge in [-0.2, -0.15) is 0 Å². The molecule has 1 N–H and O–H groups in total. The van der Waals surface area contributed by atoms with Crippen molar-refractivity contribution >= 4 is 11.9 Å². The van der Waals surface area contributed by atoms with E-state index in [-0.39, 0.29) is 30.6 Å². The summed E-state index contributed by atoms with van der Waals surface area (Å²) in [7, 11) is 0. The van der Waals surface area contributed by atoms with Gasteiger partial charge in [0.1, 0.15) is 19.5 Å². The summed E-state index contributed by atoms with van der Waals surface area (Å²) in [5, 5.41) is 2.53. The van der Waals surface area contributed by atoms with Crippen LogP contribution in [0.1, 0.15) is 13.3 Å². The van der Waals surface area contributed by atoms with Crippen LogP contribution in [0.2, 0.25) is 0 Å². The topological polar surface area (TPSA) is 73.9 Å². The number of rotatable bonds is 5. The van der Waals surface area contributed by atoms with Crippen molar-refractivity contribution in [2.75, 3.05) is 26.4 Å². The monoisotopic (exact) mass is 229 g/mol. The lowest BCUT2D eigenvalue weighted by Crippen LogP contribution is -2.30. The van der Waals surface area contributed by atoms with Gasteiger partial charge in [0.05, 0.1) is 13.0 Å². The van der Waals surface area contributed by atoms with E-state index in [2.05, 4.69) is 5.32 Å². The number of hydrogen-bond donors (Lipinski definition) is 1. The first-order valence-corrected chi connectivity index (χ1v) is 5.12. The standard InChI is InChI=1S/C10H15NO5/c1-2-15-9(12)3-4-11-10(13)8-7-14-5-6-16-8/h7H,2-6H2,1H3,(H,11,13). The van der Waals surface area contributed by atoms with Gasteiger partial charge in [-0.3, -0.25) is 9.59 Å². The molecule has 0 aliphatic carbocycles. The van der Waals surface area contributed by atoms with Crippen LogP contribution >= 0.6 is 0 Å². The molecule has 0 fully saturated rings. The molecule has 1 amide bonds. The second kappa shape index (κ2) is 6.71. The predicted molar refractivity (Wildman–Crippen MR) is 54.2 cm³/mol. The van der Waals surface area contributed by atoms with Crippen LogP contribution in [0, 0.1) is 0 Å². The second-order valence-corrected chi connectivity index (χ2v) is 3.01. The molecule has 0 atom stereocenters. The molecule has 0 aromatic heterocycles. The molecule has 16 heavy (non-hydrogen) atoms. The van der Waals surface area contributed by atoms with Gasteiger partial charge in [0.2, 0.25) is 5.76 Å². The quantitative estimate of drug-likeness (QED) is 0.669. The molecule has 1 aliphatic rings. The summed E-state index contributed by atoms with van der Waals surface area (Å²) >= 11 is 0. The Morgan fingerprint density at radius 2 is 2.31 bits per heavy atom. The van der Waals surface area contributed by atoms with E-state index in [1.165, 1.54) is 6.26 Å². The van der Waals surface area contributed by atoms with Crippen molar-refractivity contribution in [2.45, 2.75) is 13.3 Å². The minimum Gasteiger partial charge on any atom is -0.494 e. The SMILES string of the molecule is CCOC(=O)CCNC(=O)C1=COCCO1. The van der Waals surface area contributed by atoms with Crippen LogP contribution in [0.15, 0.2) is 12.0 Å². The van der Waals surface area contributed by atoms with Crippen molar-refractivity contribution in [3.05, 3.63) is 12.0 Å². The zero-order valence-electron chi connectivity index (χ0n) is 9.15. The van der Waals surface area contributed by atoms with Gasteiger partial charge in [-0.05, 0) is 6.92 Å². The Bertz CT molecular complexity index is 287. The normalized spacial score (nSPS) is 14.2. The maximum absolute atomic E-state index is 11.4. The Labute approximate surface area is 93.5 Å². The van der Waals surface area contributed by atoms with E-state index < -0.39 is 0 Å². The second-order valence-electron chi connectivity index (χ2n) is 3.01. The van der Waals surface area contributed by atoms with E-state index >= 15 is 0 Å². The van der Waals surface area contributed by atoms with Gasteiger partial charge in [-0.25, -0.2) is 0 Å². The molecule has 0 aromatic rings. The lowest BCUT2D eigenvalue weighted by atomic mass is 10.4. The van der Waals surface area contributed by atoms with Crippen LogP contribution in [-0.4, -0.2) is 38.2 Å². The van der Waals surface area contributed by atoms with Gasteiger partial charge in [0, 0.05) is 6.54 Å². The highest BCUT2D eigenvalue weighted by molar-refractivity contribution is 5.91. The number of ether oxygens (including phenoxy) is 3. The number of carbonyl (C=O) groups is 2. The Morgan fingerprint density at radius 1 is 1.50 bits per heavy atom. The van der Waals surface area contributed by atoms with Gasteiger partial charge in [-0.15, -0.1) is 0 Å². The molecule has 0 saturated heterocycles. The number of esters is 1. The van der Waals surface area contributed by atoms with Crippen molar-refractivity contribution in [3.63, 3.8) is 0 Å². The van der Waals surface area contributed by atoms with E-state index in [1.54, 1.807) is 6.92 Å². The van der Waals surface area contributed by atoms with Gasteiger partial charge < -0.3 is 19.5 Å². The number of amides is 1. The maximum atomic E-state index is 11.4. The number of carbonyl (C=O) groups excluding carboxylic acids is 2. The summed E-state index contributed by atoms with van der Waals surface area (Å²) in [6.45, 7) is 3.10. The van der Waals surface area contributed by atoms with E-state index in [4.69, 9.17) is 14.2 Å². The van der Waals surface area contributed by atoms with Crippen molar-refractivity contribution in [1.82, 2.24) is 5.32 Å². The Morgan fingerprint density at radius 3 is 2.94 bits per heavy atom. The summed E-state index contributed by atoms with van der Waals surface area (Å²) in [4.78, 5) is 22.4. The largest absolute Gasteiger partial charge is 0.494 e. The molecule has 0 unspecified atom stereocenters. The van der Waals surface area contributed by atoms with Crippen molar-refractivity contribution < 1.29 is 23.8 Å². The third-order valence-electron chi connectivity index (χ3n) is 1.79. The van der Waals surface area contributed by atoms with Crippen LogP contribution in [0.25, 0.3) is 0 Å². The predicted octanol–water partition coefficient (Wildman–Crippen LogP) is -0.0560. The first kappa shape index (κ1) is 12.4. The highest BCUT2D eigenvalue weighted by Gasteiger charge is 2.14. The van der Waals surface area contributed by atoms with Crippen LogP contribution in [0.5, 0.6) is 0 Å². The Hall–Kier alpha value is -1.72. The molecule has 0 bridgehead atoms. The molecule has 1 rings (SSSR count). The minimum absolute atomic E-state index is 0.134. The smallest absolute Gasteiger partial charge is 0.307 e. The Kier molecular flexibility index (Phi) is 5.18. The Balaban J connectivity index is 2.19. The van der Waals surface area contributed by atoms with Crippen molar-refractivity contribution in [1.29, 1.82) is 0 Å². The third-order valence-corrected chi connectivity index (χ3v) is 1.79. The van der Waals surface area contributed by atoms with E-state index in [1.807, 2.05) is 0 Å². The zero-order chi connectivity index (χ0) is 11.8. The summed E-state index contributed by atoms with van der Waals surface area (Å²) in [6, 6.07) is 0. The van der Waals surface area contributed by atoms with E-state index in [0.29, 0.717) is 19.8 Å². The van der Waals surface area contributed by atoms with Crippen LogP contribution in [0.4, 0.5) is 0 Å². The average Bonchev–Trinajstić information content (AvgIpc) is 2.30. The fraction of sp³-hybridized carbons (Fsp3) is 0.600. The molecule has 6 nitrogen and oxygen atoms in total. The summed E-state index contributed by atoms with van der Waals surface area (Å²) in [5.74, 6) is -0.586. The van der Waals surface area contributed by atoms with Crippen molar-refractivity contribution in [3.8, 4) is 0 Å². The fourth-order valence-electron chi connectivity index (χ4n) is 1.09. The first-order valence-electron chi connectivity index (χ1n) is 5.12. The summed E-state index contributed by atoms with van der Waals surface area (Å²) < 4.78 is 14.7. The van der Waals surface area contributed by atoms with Crippen molar-refractivity contribution in [2.24, 2.45) is 0 Å². The molecule has 0 radical (unpaired) electrons. The lowest BCUT2D eigenvalue weighted by Gasteiger charge is -2.14. The first-order chi connectivity index (χ1) is 7.74. The van der Waals surface area contributed by atoms with Gasteiger partial charge in [0.15, 0.2) is 0 Å². The third kappa shape index (κ3) is 4.20. The summed E-state index contributed by atoms with van der Waals surface area (Å²) in [5.41, 5.74) is 0. The maximum Gasteiger partial charge on any atom is 0.307 e.